The van der Waals surface area contributed by atoms with Crippen LogP contribution in [0.2, 0.25) is 0 Å². The Hall–Kier alpha value is 0.680. The molecule has 2 heteroatoms. The van der Waals surface area contributed by atoms with E-state index in [1.165, 1.54) is 22.3 Å². The zero-order chi connectivity index (χ0) is 10.9. The highest BCUT2D eigenvalue weighted by atomic mass is 127. The van der Waals surface area contributed by atoms with Crippen molar-refractivity contribution in [2.75, 3.05) is 0 Å². The van der Waals surface area contributed by atoms with Crippen LogP contribution in [0.3, 0.4) is 0 Å². The van der Waals surface area contributed by atoms with Crippen LogP contribution in [0.5, 0.6) is 0 Å². The van der Waals surface area contributed by atoms with Crippen molar-refractivity contribution in [1.29, 1.82) is 0 Å². The second-order valence-corrected chi connectivity index (χ2v) is 5.25. The van der Waals surface area contributed by atoms with Gasteiger partial charge in [-0.2, -0.15) is 0 Å². The van der Waals surface area contributed by atoms with Crippen molar-refractivity contribution < 1.29 is 0 Å². The van der Waals surface area contributed by atoms with E-state index in [4.69, 9.17) is 0 Å². The van der Waals surface area contributed by atoms with Crippen molar-refractivity contribution in [3.8, 4) is 0 Å². The standard InChI is InChI=1S/C12H16I2/c1-7-8(2)11(5-13)10(4)12(6-14)9(7)3/h5-6H2,1-4H3. The van der Waals surface area contributed by atoms with Gasteiger partial charge in [-0.15, -0.1) is 0 Å². The molecule has 0 N–H and O–H groups in total. The molecule has 0 spiro atoms. The van der Waals surface area contributed by atoms with Crippen LogP contribution in [0, 0.1) is 27.7 Å². The van der Waals surface area contributed by atoms with Gasteiger partial charge in [0.1, 0.15) is 0 Å². The average Bonchev–Trinajstić information content (AvgIpc) is 2.16. The van der Waals surface area contributed by atoms with Gasteiger partial charge in [0.2, 0.25) is 0 Å². The van der Waals surface area contributed by atoms with Gasteiger partial charge in [0.15, 0.2) is 0 Å². The largest absolute Gasteiger partial charge is 0.0812 e. The fourth-order valence-corrected chi connectivity index (χ4v) is 4.17. The quantitative estimate of drug-likeness (QED) is 0.483. The summed E-state index contributed by atoms with van der Waals surface area (Å²) in [6, 6.07) is 0. The molecule has 0 aliphatic heterocycles. The Morgan fingerprint density at radius 3 is 1.29 bits per heavy atom. The van der Waals surface area contributed by atoms with Gasteiger partial charge in [-0.25, -0.2) is 0 Å². The van der Waals surface area contributed by atoms with Crippen LogP contribution in [-0.2, 0) is 8.86 Å². The summed E-state index contributed by atoms with van der Waals surface area (Å²) in [6.45, 7) is 9.01. The highest BCUT2D eigenvalue weighted by Gasteiger charge is 2.12. The Kier molecular flexibility index (Phi) is 4.68. The summed E-state index contributed by atoms with van der Waals surface area (Å²) < 4.78 is 2.25. The molecule has 1 rings (SSSR count). The maximum Gasteiger partial charge on any atom is 0.0252 e. The molecule has 0 radical (unpaired) electrons. The third kappa shape index (κ3) is 2.10. The van der Waals surface area contributed by atoms with Crippen LogP contribution in [-0.4, -0.2) is 0 Å². The summed E-state index contributed by atoms with van der Waals surface area (Å²) >= 11 is 4.93. The molecule has 0 heterocycles. The van der Waals surface area contributed by atoms with E-state index in [1.54, 1.807) is 11.1 Å². The monoisotopic (exact) mass is 414 g/mol. The van der Waals surface area contributed by atoms with Crippen LogP contribution in [0.25, 0.3) is 0 Å². The summed E-state index contributed by atoms with van der Waals surface area (Å²) in [6.07, 6.45) is 0. The SMILES string of the molecule is Cc1c(C)c(CI)c(C)c(CI)c1C. The first kappa shape index (κ1) is 12.7. The second kappa shape index (κ2) is 5.14. The summed E-state index contributed by atoms with van der Waals surface area (Å²) in [7, 11) is 0. The first-order valence-corrected chi connectivity index (χ1v) is 7.79. The zero-order valence-electron chi connectivity index (χ0n) is 9.17. The van der Waals surface area contributed by atoms with E-state index < -0.39 is 0 Å². The van der Waals surface area contributed by atoms with Crippen molar-refractivity contribution >= 4 is 45.2 Å². The molecule has 0 atom stereocenters. The van der Waals surface area contributed by atoms with Gasteiger partial charge in [0, 0.05) is 8.86 Å². The van der Waals surface area contributed by atoms with E-state index in [-0.39, 0.29) is 0 Å². The zero-order valence-corrected chi connectivity index (χ0v) is 13.5. The van der Waals surface area contributed by atoms with Crippen LogP contribution < -0.4 is 0 Å². The first-order chi connectivity index (χ1) is 6.54. The number of benzene rings is 1. The molecule has 0 fully saturated rings. The van der Waals surface area contributed by atoms with Crippen LogP contribution in [0.15, 0.2) is 0 Å². The number of halogens is 2. The van der Waals surface area contributed by atoms with Crippen molar-refractivity contribution in [3.63, 3.8) is 0 Å². The van der Waals surface area contributed by atoms with E-state index in [0.717, 1.165) is 8.86 Å². The van der Waals surface area contributed by atoms with E-state index >= 15 is 0 Å². The summed E-state index contributed by atoms with van der Waals surface area (Å²) in [5.74, 6) is 0. The normalized spacial score (nSPS) is 10.7. The maximum absolute atomic E-state index is 2.46. The van der Waals surface area contributed by atoms with Gasteiger partial charge in [-0.05, 0) is 61.1 Å². The van der Waals surface area contributed by atoms with Gasteiger partial charge >= 0.3 is 0 Å². The van der Waals surface area contributed by atoms with Crippen LogP contribution >= 0.6 is 45.2 Å². The first-order valence-electron chi connectivity index (χ1n) is 4.74. The molecule has 0 saturated heterocycles. The minimum Gasteiger partial charge on any atom is -0.0812 e. The lowest BCUT2D eigenvalue weighted by Gasteiger charge is -2.18. The molecule has 0 saturated carbocycles. The van der Waals surface area contributed by atoms with Crippen LogP contribution in [0.4, 0.5) is 0 Å². The highest BCUT2D eigenvalue weighted by molar-refractivity contribution is 14.1. The van der Waals surface area contributed by atoms with Gasteiger partial charge in [0.05, 0.1) is 0 Å². The fraction of sp³-hybridized carbons (Fsp3) is 0.500. The van der Waals surface area contributed by atoms with E-state index in [2.05, 4.69) is 72.9 Å². The lowest BCUT2D eigenvalue weighted by atomic mass is 9.90. The third-order valence-corrected chi connectivity index (χ3v) is 4.73. The Labute approximate surface area is 114 Å². The third-order valence-electron chi connectivity index (χ3n) is 3.20. The molecular formula is C12H16I2. The predicted octanol–water partition coefficient (Wildman–Crippen LogP) is 4.79. The number of hydrogen-bond donors (Lipinski definition) is 0. The van der Waals surface area contributed by atoms with Gasteiger partial charge in [-0.3, -0.25) is 0 Å². The highest BCUT2D eigenvalue weighted by Crippen LogP contribution is 2.29. The maximum atomic E-state index is 2.46. The molecule has 1 aromatic carbocycles. The molecule has 14 heavy (non-hydrogen) atoms. The topological polar surface area (TPSA) is 0 Å². The molecule has 0 aromatic heterocycles. The molecule has 0 aliphatic carbocycles. The molecule has 0 bridgehead atoms. The Morgan fingerprint density at radius 2 is 1.00 bits per heavy atom. The Bertz CT molecular complexity index is 323. The molecular weight excluding hydrogens is 398 g/mol. The lowest BCUT2D eigenvalue weighted by molar-refractivity contribution is 1.12. The molecule has 1 aromatic rings. The Morgan fingerprint density at radius 1 is 0.643 bits per heavy atom. The lowest BCUT2D eigenvalue weighted by Crippen LogP contribution is -2.02. The van der Waals surface area contributed by atoms with Crippen molar-refractivity contribution in [2.45, 2.75) is 36.6 Å². The van der Waals surface area contributed by atoms with Crippen molar-refractivity contribution in [3.05, 3.63) is 33.4 Å². The van der Waals surface area contributed by atoms with Crippen molar-refractivity contribution in [1.82, 2.24) is 0 Å². The summed E-state index contributed by atoms with van der Waals surface area (Å²) in [4.78, 5) is 0. The summed E-state index contributed by atoms with van der Waals surface area (Å²) in [5, 5.41) is 0. The van der Waals surface area contributed by atoms with Gasteiger partial charge in [-0.1, -0.05) is 45.2 Å². The average molecular weight is 414 g/mol. The van der Waals surface area contributed by atoms with E-state index in [1.807, 2.05) is 0 Å². The molecule has 0 amide bonds. The number of rotatable bonds is 2. The Balaban J connectivity index is 3.56. The molecule has 78 valence electrons. The minimum absolute atomic E-state index is 1.13. The molecule has 0 unspecified atom stereocenters. The van der Waals surface area contributed by atoms with E-state index in [0.29, 0.717) is 0 Å². The van der Waals surface area contributed by atoms with Crippen molar-refractivity contribution in [2.24, 2.45) is 0 Å². The molecule has 0 nitrogen and oxygen atoms in total. The van der Waals surface area contributed by atoms with Crippen LogP contribution in [0.1, 0.15) is 33.4 Å². The van der Waals surface area contributed by atoms with E-state index in [9.17, 15) is 0 Å². The molecule has 0 aliphatic rings. The summed E-state index contributed by atoms with van der Waals surface area (Å²) in [5.41, 5.74) is 9.05. The number of alkyl halides is 2. The second-order valence-electron chi connectivity index (χ2n) is 3.72. The van der Waals surface area contributed by atoms with Gasteiger partial charge in [0.25, 0.3) is 0 Å². The number of hydrogen-bond acceptors (Lipinski definition) is 0. The predicted molar refractivity (Wildman–Crippen MR) is 80.8 cm³/mol. The fourth-order valence-electron chi connectivity index (χ4n) is 1.88. The van der Waals surface area contributed by atoms with Gasteiger partial charge < -0.3 is 0 Å². The minimum atomic E-state index is 1.13. The smallest absolute Gasteiger partial charge is 0.0252 e.